The Balaban J connectivity index is 2.35. The lowest BCUT2D eigenvalue weighted by atomic mass is 10.1. The number of aromatic nitrogens is 2. The minimum absolute atomic E-state index is 0.00934. The van der Waals surface area contributed by atoms with Crippen molar-refractivity contribution in [3.05, 3.63) is 29.7 Å². The summed E-state index contributed by atoms with van der Waals surface area (Å²) in [5.74, 6) is -0.519. The van der Waals surface area contributed by atoms with Crippen LogP contribution in [-0.4, -0.2) is 37.1 Å². The number of rotatable bonds is 5. The average molecular weight is 352 g/mol. The van der Waals surface area contributed by atoms with Gasteiger partial charge in [0.2, 0.25) is 0 Å². The molecular weight excluding hydrogens is 327 g/mol. The molecule has 0 spiro atoms. The molecule has 1 aromatic carbocycles. The lowest BCUT2D eigenvalue weighted by Crippen LogP contribution is -2.41. The number of halogens is 1. The molecule has 0 bridgehead atoms. The van der Waals surface area contributed by atoms with E-state index in [2.05, 4.69) is 43.8 Å². The van der Waals surface area contributed by atoms with Crippen molar-refractivity contribution < 1.29 is 18.7 Å². The molecular formula is C17H25FN2O3Si. The average Bonchev–Trinajstić information content (AvgIpc) is 2.50. The smallest absolute Gasteiger partial charge is 0.316 e. The lowest BCUT2D eigenvalue weighted by molar-refractivity contribution is 0.0983. The number of nitrogens with zero attached hydrogens (tertiary/aromatic N) is 2. The van der Waals surface area contributed by atoms with Gasteiger partial charge in [0, 0.05) is 17.1 Å². The van der Waals surface area contributed by atoms with Gasteiger partial charge in [-0.25, -0.2) is 9.37 Å². The number of hydrogen-bond donors (Lipinski definition) is 1. The molecule has 1 atom stereocenters. The molecule has 0 radical (unpaired) electrons. The molecule has 0 fully saturated rings. The predicted molar refractivity (Wildman–Crippen MR) is 94.2 cm³/mol. The summed E-state index contributed by atoms with van der Waals surface area (Å²) in [4.78, 5) is 8.20. The van der Waals surface area contributed by atoms with E-state index in [0.29, 0.717) is 10.9 Å². The van der Waals surface area contributed by atoms with E-state index in [9.17, 15) is 9.50 Å². The highest BCUT2D eigenvalue weighted by Gasteiger charge is 2.37. The van der Waals surface area contributed by atoms with E-state index in [1.807, 2.05) is 0 Å². The zero-order chi connectivity index (χ0) is 18.1. The third-order valence-electron chi connectivity index (χ3n) is 4.64. The van der Waals surface area contributed by atoms with E-state index in [-0.39, 0.29) is 23.2 Å². The molecule has 5 nitrogen and oxygen atoms in total. The second-order valence-electron chi connectivity index (χ2n) is 7.34. The van der Waals surface area contributed by atoms with E-state index in [1.54, 1.807) is 12.3 Å². The number of benzene rings is 1. The van der Waals surface area contributed by atoms with Gasteiger partial charge in [-0.3, -0.25) is 0 Å². The summed E-state index contributed by atoms with van der Waals surface area (Å²) in [5.41, 5.74) is 0.458. The van der Waals surface area contributed by atoms with Crippen LogP contribution in [-0.2, 0) is 4.43 Å². The molecule has 2 aromatic rings. The molecule has 0 unspecified atom stereocenters. The third kappa shape index (κ3) is 3.74. The third-order valence-corrected chi connectivity index (χ3v) is 9.14. The summed E-state index contributed by atoms with van der Waals surface area (Å²) in [6.45, 7) is 10.5. The number of hydrogen-bond acceptors (Lipinski definition) is 5. The van der Waals surface area contributed by atoms with Crippen LogP contribution in [0.25, 0.3) is 10.9 Å². The summed E-state index contributed by atoms with van der Waals surface area (Å²) >= 11 is 0. The van der Waals surface area contributed by atoms with Gasteiger partial charge in [0.1, 0.15) is 11.9 Å². The number of methoxy groups -OCH3 is 1. The van der Waals surface area contributed by atoms with Crippen molar-refractivity contribution in [2.24, 2.45) is 0 Å². The quantitative estimate of drug-likeness (QED) is 0.829. The molecule has 2 rings (SSSR count). The normalized spacial score (nSPS) is 14.0. The standard InChI is InChI=1S/C17H25FN2O3Si/c1-17(2,3)24(5,6)23-10-13(21)14-12(18)8-7-11-9-19-16(22-4)20-15(11)14/h7-9,13,21H,10H2,1-6H3/t13-/m0/s1. The summed E-state index contributed by atoms with van der Waals surface area (Å²) in [6, 6.07) is 3.02. The number of fused-ring (bicyclic) bond motifs is 1. The van der Waals surface area contributed by atoms with Crippen molar-refractivity contribution in [1.82, 2.24) is 9.97 Å². The topological polar surface area (TPSA) is 64.5 Å². The Bertz CT molecular complexity index is 732. The molecule has 24 heavy (non-hydrogen) atoms. The van der Waals surface area contributed by atoms with Gasteiger partial charge in [0.25, 0.3) is 0 Å². The number of aliphatic hydroxyl groups excluding tert-OH is 1. The van der Waals surface area contributed by atoms with Crippen LogP contribution in [0.1, 0.15) is 32.4 Å². The van der Waals surface area contributed by atoms with Crippen LogP contribution in [0.15, 0.2) is 18.3 Å². The second kappa shape index (κ2) is 6.74. The van der Waals surface area contributed by atoms with E-state index in [1.165, 1.54) is 13.2 Å². The van der Waals surface area contributed by atoms with Gasteiger partial charge in [-0.1, -0.05) is 20.8 Å². The van der Waals surface area contributed by atoms with Gasteiger partial charge in [-0.15, -0.1) is 0 Å². The maximum Gasteiger partial charge on any atom is 0.316 e. The zero-order valence-corrected chi connectivity index (χ0v) is 16.1. The number of aliphatic hydroxyl groups is 1. The van der Waals surface area contributed by atoms with Crippen LogP contribution in [0.2, 0.25) is 18.1 Å². The van der Waals surface area contributed by atoms with Gasteiger partial charge >= 0.3 is 6.01 Å². The highest BCUT2D eigenvalue weighted by molar-refractivity contribution is 6.74. The maximum atomic E-state index is 14.4. The minimum atomic E-state index is -2.04. The second-order valence-corrected chi connectivity index (χ2v) is 12.2. The van der Waals surface area contributed by atoms with Crippen molar-refractivity contribution in [2.45, 2.75) is 45.0 Å². The van der Waals surface area contributed by atoms with Gasteiger partial charge in [-0.05, 0) is 30.3 Å². The highest BCUT2D eigenvalue weighted by Crippen LogP contribution is 2.37. The molecule has 0 amide bonds. The van der Waals surface area contributed by atoms with Gasteiger partial charge in [0.15, 0.2) is 8.32 Å². The first-order valence-corrected chi connectivity index (χ1v) is 10.8. The Morgan fingerprint density at radius 2 is 1.96 bits per heavy atom. The molecule has 0 aliphatic carbocycles. The summed E-state index contributed by atoms with van der Waals surface area (Å²) in [7, 11) is -0.602. The van der Waals surface area contributed by atoms with Crippen molar-refractivity contribution in [3.8, 4) is 6.01 Å². The SMILES string of the molecule is COc1ncc2ccc(F)c([C@@H](O)CO[Si](C)(C)C(C)(C)C)c2n1. The predicted octanol–water partition coefficient (Wildman–Crippen LogP) is 3.83. The van der Waals surface area contributed by atoms with E-state index < -0.39 is 20.2 Å². The molecule has 1 heterocycles. The molecule has 0 saturated carbocycles. The fraction of sp³-hybridized carbons (Fsp3) is 0.529. The van der Waals surface area contributed by atoms with Crippen LogP contribution in [0.3, 0.4) is 0 Å². The van der Waals surface area contributed by atoms with Crippen molar-refractivity contribution in [2.75, 3.05) is 13.7 Å². The van der Waals surface area contributed by atoms with E-state index in [4.69, 9.17) is 9.16 Å². The lowest BCUT2D eigenvalue weighted by Gasteiger charge is -2.36. The van der Waals surface area contributed by atoms with Crippen molar-refractivity contribution in [1.29, 1.82) is 0 Å². The number of ether oxygens (including phenoxy) is 1. The summed E-state index contributed by atoms with van der Waals surface area (Å²) in [6.07, 6.45) is 0.438. The fourth-order valence-corrected chi connectivity index (χ4v) is 3.09. The van der Waals surface area contributed by atoms with Crippen LogP contribution >= 0.6 is 0 Å². The molecule has 0 aliphatic rings. The minimum Gasteiger partial charge on any atom is -0.467 e. The Labute approximate surface area is 143 Å². The Morgan fingerprint density at radius 1 is 1.29 bits per heavy atom. The van der Waals surface area contributed by atoms with Gasteiger partial charge in [-0.2, -0.15) is 4.98 Å². The van der Waals surface area contributed by atoms with Crippen LogP contribution in [0, 0.1) is 5.82 Å². The molecule has 1 aromatic heterocycles. The first-order chi connectivity index (χ1) is 11.1. The molecule has 0 aliphatic heterocycles. The molecule has 132 valence electrons. The first-order valence-electron chi connectivity index (χ1n) is 7.88. The molecule has 1 N–H and O–H groups in total. The summed E-state index contributed by atoms with van der Waals surface area (Å²) in [5, 5.41) is 11.2. The Hall–Kier alpha value is -1.57. The van der Waals surface area contributed by atoms with Crippen LogP contribution in [0.4, 0.5) is 4.39 Å². The zero-order valence-electron chi connectivity index (χ0n) is 15.1. The highest BCUT2D eigenvalue weighted by atomic mass is 28.4. The van der Waals surface area contributed by atoms with Crippen molar-refractivity contribution in [3.63, 3.8) is 0 Å². The summed E-state index contributed by atoms with van der Waals surface area (Å²) < 4.78 is 25.4. The van der Waals surface area contributed by atoms with Crippen LogP contribution in [0.5, 0.6) is 6.01 Å². The van der Waals surface area contributed by atoms with Crippen molar-refractivity contribution >= 4 is 19.2 Å². The monoisotopic (exact) mass is 352 g/mol. The van der Waals surface area contributed by atoms with Gasteiger partial charge < -0.3 is 14.3 Å². The fourth-order valence-electron chi connectivity index (χ4n) is 2.08. The molecule has 7 heteroatoms. The Kier molecular flexibility index (Phi) is 5.27. The largest absolute Gasteiger partial charge is 0.467 e. The van der Waals surface area contributed by atoms with E-state index >= 15 is 0 Å². The van der Waals surface area contributed by atoms with Gasteiger partial charge in [0.05, 0.1) is 19.2 Å². The van der Waals surface area contributed by atoms with E-state index in [0.717, 1.165) is 0 Å². The van der Waals surface area contributed by atoms with Crippen LogP contribution < -0.4 is 4.74 Å². The Morgan fingerprint density at radius 3 is 2.54 bits per heavy atom. The maximum absolute atomic E-state index is 14.4. The molecule has 0 saturated heterocycles. The first kappa shape index (κ1) is 18.8.